The lowest BCUT2D eigenvalue weighted by Gasteiger charge is -2.37. The van der Waals surface area contributed by atoms with Crippen LogP contribution in [0.4, 0.5) is 0 Å². The van der Waals surface area contributed by atoms with E-state index in [9.17, 15) is 0 Å². The Morgan fingerprint density at radius 1 is 0.727 bits per heavy atom. The second-order valence-electron chi connectivity index (χ2n) is 9.51. The van der Waals surface area contributed by atoms with E-state index >= 15 is 0 Å². The van der Waals surface area contributed by atoms with Crippen LogP contribution in [0.25, 0.3) is 0 Å². The summed E-state index contributed by atoms with van der Waals surface area (Å²) >= 11 is 0. The van der Waals surface area contributed by atoms with Gasteiger partial charge in [-0.1, -0.05) is 78.6 Å². The zero-order valence-corrected chi connectivity index (χ0v) is 15.5. The van der Waals surface area contributed by atoms with Crippen molar-refractivity contribution >= 4 is 0 Å². The Labute approximate surface area is 139 Å². The standard InChI is InChI=1S/C22H40/c1-16-12-13-21(20-10-7-11-20)15-18(3)22(16)17(2)14-19-8-5-4-6-9-19/h16-22H,4-15H2,1-3H3. The number of hydrogen-bond acceptors (Lipinski definition) is 0. The summed E-state index contributed by atoms with van der Waals surface area (Å²) in [5.41, 5.74) is 0. The fraction of sp³-hybridized carbons (Fsp3) is 1.00. The van der Waals surface area contributed by atoms with E-state index in [1.807, 2.05) is 0 Å². The molecule has 3 fully saturated rings. The van der Waals surface area contributed by atoms with Gasteiger partial charge in [-0.05, 0) is 60.7 Å². The van der Waals surface area contributed by atoms with Gasteiger partial charge in [0.05, 0.1) is 0 Å². The Bertz CT molecular complexity index is 323. The quantitative estimate of drug-likeness (QED) is 0.487. The van der Waals surface area contributed by atoms with Crippen LogP contribution in [0.1, 0.15) is 97.8 Å². The highest BCUT2D eigenvalue weighted by molar-refractivity contribution is 4.88. The molecule has 3 aliphatic rings. The van der Waals surface area contributed by atoms with E-state index in [0.29, 0.717) is 0 Å². The maximum Gasteiger partial charge on any atom is -0.0337 e. The van der Waals surface area contributed by atoms with Crippen LogP contribution >= 0.6 is 0 Å². The highest BCUT2D eigenvalue weighted by Crippen LogP contribution is 2.47. The van der Waals surface area contributed by atoms with Crippen LogP contribution in [-0.4, -0.2) is 0 Å². The first-order valence-corrected chi connectivity index (χ1v) is 10.6. The van der Waals surface area contributed by atoms with Crippen molar-refractivity contribution in [2.45, 2.75) is 97.8 Å². The lowest BCUT2D eigenvalue weighted by atomic mass is 9.68. The van der Waals surface area contributed by atoms with Gasteiger partial charge in [0.25, 0.3) is 0 Å². The topological polar surface area (TPSA) is 0 Å². The molecule has 0 spiro atoms. The largest absolute Gasteiger partial charge is 0.0622 e. The molecule has 3 saturated carbocycles. The van der Waals surface area contributed by atoms with Crippen LogP contribution < -0.4 is 0 Å². The first-order valence-electron chi connectivity index (χ1n) is 10.6. The third-order valence-electron chi connectivity index (χ3n) is 7.88. The maximum atomic E-state index is 2.61. The predicted molar refractivity (Wildman–Crippen MR) is 96.9 cm³/mol. The summed E-state index contributed by atoms with van der Waals surface area (Å²) < 4.78 is 0. The number of hydrogen-bond donors (Lipinski definition) is 0. The highest BCUT2D eigenvalue weighted by Gasteiger charge is 2.37. The molecule has 5 unspecified atom stereocenters. The number of rotatable bonds is 4. The predicted octanol–water partition coefficient (Wildman–Crippen LogP) is 7.08. The minimum atomic E-state index is 0.966. The van der Waals surface area contributed by atoms with E-state index in [-0.39, 0.29) is 0 Å². The lowest BCUT2D eigenvalue weighted by molar-refractivity contribution is 0.128. The normalized spacial score (nSPS) is 40.0. The Balaban J connectivity index is 1.57. The summed E-state index contributed by atoms with van der Waals surface area (Å²) in [6.07, 6.45) is 18.4. The van der Waals surface area contributed by atoms with Crippen LogP contribution in [0.2, 0.25) is 0 Å². The summed E-state index contributed by atoms with van der Waals surface area (Å²) in [6, 6.07) is 0. The fourth-order valence-corrected chi connectivity index (χ4v) is 6.55. The average molecular weight is 305 g/mol. The Kier molecular flexibility index (Phi) is 5.91. The van der Waals surface area contributed by atoms with Crippen LogP contribution in [0.3, 0.4) is 0 Å². The van der Waals surface area contributed by atoms with Gasteiger partial charge in [0.15, 0.2) is 0 Å². The molecule has 128 valence electrons. The van der Waals surface area contributed by atoms with Crippen molar-refractivity contribution in [2.75, 3.05) is 0 Å². The summed E-state index contributed by atoms with van der Waals surface area (Å²) in [5.74, 6) is 7.18. The Morgan fingerprint density at radius 2 is 1.45 bits per heavy atom. The molecule has 0 aromatic heterocycles. The molecule has 0 heteroatoms. The lowest BCUT2D eigenvalue weighted by Crippen LogP contribution is -2.28. The van der Waals surface area contributed by atoms with E-state index in [4.69, 9.17) is 0 Å². The molecule has 0 aromatic rings. The van der Waals surface area contributed by atoms with Crippen molar-refractivity contribution in [3.05, 3.63) is 0 Å². The first-order chi connectivity index (χ1) is 10.6. The van der Waals surface area contributed by atoms with Gasteiger partial charge in [-0.3, -0.25) is 0 Å². The van der Waals surface area contributed by atoms with Crippen LogP contribution in [0, 0.1) is 41.4 Å². The summed E-state index contributed by atoms with van der Waals surface area (Å²) in [7, 11) is 0. The fourth-order valence-electron chi connectivity index (χ4n) is 6.55. The van der Waals surface area contributed by atoms with Gasteiger partial charge >= 0.3 is 0 Å². The molecule has 3 rings (SSSR count). The molecule has 0 aliphatic heterocycles. The molecule has 0 nitrogen and oxygen atoms in total. The average Bonchev–Trinajstić information content (AvgIpc) is 2.57. The van der Waals surface area contributed by atoms with Crippen molar-refractivity contribution in [1.82, 2.24) is 0 Å². The van der Waals surface area contributed by atoms with Gasteiger partial charge in [0.1, 0.15) is 0 Å². The van der Waals surface area contributed by atoms with Crippen molar-refractivity contribution < 1.29 is 0 Å². The minimum absolute atomic E-state index is 0.966. The van der Waals surface area contributed by atoms with E-state index in [2.05, 4.69) is 20.8 Å². The first kappa shape index (κ1) is 16.8. The molecule has 22 heavy (non-hydrogen) atoms. The summed E-state index contributed by atoms with van der Waals surface area (Å²) in [5, 5.41) is 0. The van der Waals surface area contributed by atoms with Crippen LogP contribution in [-0.2, 0) is 0 Å². The van der Waals surface area contributed by atoms with E-state index in [1.54, 1.807) is 25.7 Å². The third kappa shape index (κ3) is 3.90. The maximum absolute atomic E-state index is 2.61. The molecule has 0 heterocycles. The molecule has 0 radical (unpaired) electrons. The van der Waals surface area contributed by atoms with E-state index in [1.165, 1.54) is 51.4 Å². The van der Waals surface area contributed by atoms with Crippen LogP contribution in [0.15, 0.2) is 0 Å². The second-order valence-corrected chi connectivity index (χ2v) is 9.51. The molecule has 0 aromatic carbocycles. The zero-order valence-electron chi connectivity index (χ0n) is 15.5. The molecule has 0 amide bonds. The van der Waals surface area contributed by atoms with Gasteiger partial charge in [-0.2, -0.15) is 0 Å². The summed E-state index contributed by atoms with van der Waals surface area (Å²) in [6.45, 7) is 7.80. The van der Waals surface area contributed by atoms with Crippen molar-refractivity contribution in [2.24, 2.45) is 41.4 Å². The molecule has 0 bridgehead atoms. The van der Waals surface area contributed by atoms with Crippen molar-refractivity contribution in [1.29, 1.82) is 0 Å². The van der Waals surface area contributed by atoms with Gasteiger partial charge in [-0.25, -0.2) is 0 Å². The Morgan fingerprint density at radius 3 is 2.09 bits per heavy atom. The Hall–Kier alpha value is 0. The molecule has 3 aliphatic carbocycles. The second kappa shape index (κ2) is 7.71. The van der Waals surface area contributed by atoms with Gasteiger partial charge in [0.2, 0.25) is 0 Å². The smallest absolute Gasteiger partial charge is 0.0337 e. The van der Waals surface area contributed by atoms with Gasteiger partial charge < -0.3 is 0 Å². The highest BCUT2D eigenvalue weighted by atomic mass is 14.4. The molecular weight excluding hydrogens is 264 g/mol. The zero-order chi connectivity index (χ0) is 15.5. The monoisotopic (exact) mass is 304 g/mol. The third-order valence-corrected chi connectivity index (χ3v) is 7.88. The van der Waals surface area contributed by atoms with E-state index < -0.39 is 0 Å². The summed E-state index contributed by atoms with van der Waals surface area (Å²) in [4.78, 5) is 0. The molecular formula is C22H40. The molecule has 0 saturated heterocycles. The van der Waals surface area contributed by atoms with E-state index in [0.717, 1.165) is 41.4 Å². The van der Waals surface area contributed by atoms with Gasteiger partial charge in [-0.15, -0.1) is 0 Å². The SMILES string of the molecule is CC1CCC(C2CCC2)CC(C)C1C(C)CC1CCCCC1. The molecule has 0 N–H and O–H groups in total. The molecule has 5 atom stereocenters. The van der Waals surface area contributed by atoms with Crippen molar-refractivity contribution in [3.63, 3.8) is 0 Å². The van der Waals surface area contributed by atoms with Crippen molar-refractivity contribution in [3.8, 4) is 0 Å². The minimum Gasteiger partial charge on any atom is -0.0622 e. The van der Waals surface area contributed by atoms with Crippen LogP contribution in [0.5, 0.6) is 0 Å². The van der Waals surface area contributed by atoms with Gasteiger partial charge in [0, 0.05) is 0 Å².